The number of rotatable bonds is 5. The van der Waals surface area contributed by atoms with E-state index in [1.807, 2.05) is 6.92 Å². The van der Waals surface area contributed by atoms with E-state index in [-0.39, 0.29) is 11.3 Å². The van der Waals surface area contributed by atoms with Gasteiger partial charge in [-0.25, -0.2) is 18.7 Å². The second-order valence-corrected chi connectivity index (χ2v) is 4.30. The molecule has 1 aromatic carbocycles. The molecule has 0 spiro atoms. The summed E-state index contributed by atoms with van der Waals surface area (Å²) < 4.78 is 26.2. The predicted molar refractivity (Wildman–Crippen MR) is 75.1 cm³/mol. The summed E-state index contributed by atoms with van der Waals surface area (Å²) in [6.07, 6.45) is 3.60. The van der Waals surface area contributed by atoms with Crippen LogP contribution in [0.15, 0.2) is 30.6 Å². The quantitative estimate of drug-likeness (QED) is 0.889. The Morgan fingerprint density at radius 1 is 1.24 bits per heavy atom. The number of halogens is 2. The van der Waals surface area contributed by atoms with Crippen molar-refractivity contribution in [3.8, 4) is 0 Å². The van der Waals surface area contributed by atoms with Crippen LogP contribution in [0.25, 0.3) is 0 Å². The Morgan fingerprint density at radius 3 is 2.57 bits per heavy atom. The molecular formula is C14H14F2N4O. The van der Waals surface area contributed by atoms with Crippen LogP contribution in [-0.2, 0) is 0 Å². The molecule has 0 saturated carbocycles. The van der Waals surface area contributed by atoms with E-state index in [1.165, 1.54) is 12.4 Å². The van der Waals surface area contributed by atoms with E-state index in [2.05, 4.69) is 20.6 Å². The Kier molecular flexibility index (Phi) is 4.76. The van der Waals surface area contributed by atoms with Crippen molar-refractivity contribution < 1.29 is 13.6 Å². The first kappa shape index (κ1) is 14.8. The van der Waals surface area contributed by atoms with E-state index in [0.717, 1.165) is 25.1 Å². The van der Waals surface area contributed by atoms with Crippen LogP contribution in [0.4, 0.5) is 20.4 Å². The van der Waals surface area contributed by atoms with E-state index in [4.69, 9.17) is 0 Å². The molecule has 0 unspecified atom stereocenters. The minimum atomic E-state index is -0.842. The average molecular weight is 292 g/mol. The van der Waals surface area contributed by atoms with Crippen molar-refractivity contribution >= 4 is 17.5 Å². The standard InChI is InChI=1S/C14H14F2N4O/c1-2-5-17-14-18-7-9(8-19-14)13(21)20-12-4-3-10(15)6-11(12)16/h3-4,6-8H,2,5H2,1H3,(H,20,21)(H,17,18,19). The van der Waals surface area contributed by atoms with Gasteiger partial charge in [-0.05, 0) is 18.6 Å². The van der Waals surface area contributed by atoms with Crippen molar-refractivity contribution in [1.82, 2.24) is 9.97 Å². The molecule has 7 heteroatoms. The molecule has 1 aromatic heterocycles. The fourth-order valence-electron chi connectivity index (χ4n) is 1.56. The Hall–Kier alpha value is -2.57. The summed E-state index contributed by atoms with van der Waals surface area (Å²) in [5.41, 5.74) is 0.0790. The Morgan fingerprint density at radius 2 is 1.95 bits per heavy atom. The lowest BCUT2D eigenvalue weighted by atomic mass is 10.2. The normalized spacial score (nSPS) is 10.2. The van der Waals surface area contributed by atoms with Gasteiger partial charge < -0.3 is 10.6 Å². The van der Waals surface area contributed by atoms with Gasteiger partial charge in [0.2, 0.25) is 5.95 Å². The minimum absolute atomic E-state index is 0.102. The second-order valence-electron chi connectivity index (χ2n) is 4.30. The summed E-state index contributed by atoms with van der Waals surface area (Å²) in [4.78, 5) is 19.9. The Bertz CT molecular complexity index is 631. The van der Waals surface area contributed by atoms with Crippen molar-refractivity contribution in [2.75, 3.05) is 17.2 Å². The van der Waals surface area contributed by atoms with Crippen LogP contribution in [0.2, 0.25) is 0 Å². The first-order valence-electron chi connectivity index (χ1n) is 6.42. The Labute approximate surface area is 120 Å². The van der Waals surface area contributed by atoms with E-state index >= 15 is 0 Å². The zero-order valence-corrected chi connectivity index (χ0v) is 11.4. The third-order valence-electron chi connectivity index (χ3n) is 2.63. The molecule has 0 aliphatic rings. The predicted octanol–water partition coefficient (Wildman–Crippen LogP) is 2.83. The maximum Gasteiger partial charge on any atom is 0.258 e. The summed E-state index contributed by atoms with van der Waals surface area (Å²) in [5, 5.41) is 5.31. The van der Waals surface area contributed by atoms with Gasteiger partial charge in [0.05, 0.1) is 11.3 Å². The van der Waals surface area contributed by atoms with Crippen LogP contribution in [0, 0.1) is 11.6 Å². The lowest BCUT2D eigenvalue weighted by molar-refractivity contribution is 0.102. The molecule has 0 aliphatic heterocycles. The molecule has 110 valence electrons. The minimum Gasteiger partial charge on any atom is -0.354 e. The van der Waals surface area contributed by atoms with Crippen molar-refractivity contribution in [1.29, 1.82) is 0 Å². The molecular weight excluding hydrogens is 278 g/mol. The second kappa shape index (κ2) is 6.74. The number of hydrogen-bond donors (Lipinski definition) is 2. The van der Waals surface area contributed by atoms with Gasteiger partial charge in [-0.2, -0.15) is 0 Å². The van der Waals surface area contributed by atoms with E-state index < -0.39 is 17.5 Å². The highest BCUT2D eigenvalue weighted by atomic mass is 19.1. The molecule has 0 aliphatic carbocycles. The Balaban J connectivity index is 2.06. The first-order chi connectivity index (χ1) is 10.1. The molecule has 0 fully saturated rings. The molecule has 0 radical (unpaired) electrons. The number of aromatic nitrogens is 2. The van der Waals surface area contributed by atoms with Gasteiger partial charge >= 0.3 is 0 Å². The number of nitrogens with zero attached hydrogens (tertiary/aromatic N) is 2. The highest BCUT2D eigenvalue weighted by Crippen LogP contribution is 2.16. The molecule has 21 heavy (non-hydrogen) atoms. The van der Waals surface area contributed by atoms with E-state index in [9.17, 15) is 13.6 Å². The van der Waals surface area contributed by atoms with E-state index in [0.29, 0.717) is 12.0 Å². The molecule has 2 N–H and O–H groups in total. The SMILES string of the molecule is CCCNc1ncc(C(=O)Nc2ccc(F)cc2F)cn1. The van der Waals surface area contributed by atoms with E-state index in [1.54, 1.807) is 0 Å². The van der Waals surface area contributed by atoms with Crippen LogP contribution in [0.5, 0.6) is 0 Å². The molecule has 0 bridgehead atoms. The molecule has 2 rings (SSSR count). The van der Waals surface area contributed by atoms with Gasteiger partial charge in [-0.3, -0.25) is 4.79 Å². The molecule has 0 atom stereocenters. The van der Waals surface area contributed by atoms with Crippen molar-refractivity contribution in [3.05, 3.63) is 47.8 Å². The third-order valence-corrected chi connectivity index (χ3v) is 2.63. The maximum absolute atomic E-state index is 13.4. The van der Waals surface area contributed by atoms with Crippen molar-refractivity contribution in [3.63, 3.8) is 0 Å². The van der Waals surface area contributed by atoms with Crippen LogP contribution in [-0.4, -0.2) is 22.4 Å². The number of carbonyl (C=O) groups excluding carboxylic acids is 1. The van der Waals surface area contributed by atoms with Crippen molar-refractivity contribution in [2.24, 2.45) is 0 Å². The smallest absolute Gasteiger partial charge is 0.258 e. The van der Waals surface area contributed by atoms with Crippen LogP contribution in [0.1, 0.15) is 23.7 Å². The number of carbonyl (C=O) groups is 1. The first-order valence-corrected chi connectivity index (χ1v) is 6.42. The average Bonchev–Trinajstić information content (AvgIpc) is 2.48. The summed E-state index contributed by atoms with van der Waals surface area (Å²) in [6.45, 7) is 2.73. The fraction of sp³-hybridized carbons (Fsp3) is 0.214. The lowest BCUT2D eigenvalue weighted by Crippen LogP contribution is -2.14. The largest absolute Gasteiger partial charge is 0.354 e. The van der Waals surface area contributed by atoms with Gasteiger partial charge in [-0.1, -0.05) is 6.92 Å². The van der Waals surface area contributed by atoms with Crippen LogP contribution < -0.4 is 10.6 Å². The van der Waals surface area contributed by atoms with Crippen LogP contribution in [0.3, 0.4) is 0 Å². The molecule has 5 nitrogen and oxygen atoms in total. The molecule has 0 saturated heterocycles. The third kappa shape index (κ3) is 3.95. The zero-order chi connectivity index (χ0) is 15.2. The fourth-order valence-corrected chi connectivity index (χ4v) is 1.56. The van der Waals surface area contributed by atoms with Gasteiger partial charge in [0, 0.05) is 25.0 Å². The number of amides is 1. The van der Waals surface area contributed by atoms with Gasteiger partial charge in [-0.15, -0.1) is 0 Å². The number of anilines is 2. The summed E-state index contributed by atoms with van der Waals surface area (Å²) in [5.74, 6) is -1.70. The van der Waals surface area contributed by atoms with Crippen LogP contribution >= 0.6 is 0 Å². The topological polar surface area (TPSA) is 66.9 Å². The zero-order valence-electron chi connectivity index (χ0n) is 11.4. The van der Waals surface area contributed by atoms with Gasteiger partial charge in [0.15, 0.2) is 0 Å². The number of nitrogens with one attached hydrogen (secondary N) is 2. The molecule has 2 aromatic rings. The molecule has 1 heterocycles. The summed E-state index contributed by atoms with van der Waals surface area (Å²) >= 11 is 0. The monoisotopic (exact) mass is 292 g/mol. The van der Waals surface area contributed by atoms with Crippen molar-refractivity contribution in [2.45, 2.75) is 13.3 Å². The highest BCUT2D eigenvalue weighted by Gasteiger charge is 2.11. The lowest BCUT2D eigenvalue weighted by Gasteiger charge is -2.07. The van der Waals surface area contributed by atoms with Gasteiger partial charge in [0.1, 0.15) is 11.6 Å². The summed E-state index contributed by atoms with van der Waals surface area (Å²) in [7, 11) is 0. The number of hydrogen-bond acceptors (Lipinski definition) is 4. The highest BCUT2D eigenvalue weighted by molar-refractivity contribution is 6.03. The summed E-state index contributed by atoms with van der Waals surface area (Å²) in [6, 6.07) is 2.91. The number of benzene rings is 1. The molecule has 1 amide bonds. The van der Waals surface area contributed by atoms with Gasteiger partial charge in [0.25, 0.3) is 5.91 Å². The maximum atomic E-state index is 13.4.